The van der Waals surface area contributed by atoms with E-state index in [1.807, 2.05) is 0 Å². The van der Waals surface area contributed by atoms with Crippen molar-refractivity contribution < 1.29 is 33.8 Å². The van der Waals surface area contributed by atoms with Crippen molar-refractivity contribution in [2.45, 2.75) is 12.8 Å². The van der Waals surface area contributed by atoms with Crippen LogP contribution in [0.15, 0.2) is 36.2 Å². The van der Waals surface area contributed by atoms with Gasteiger partial charge in [-0.15, -0.1) is 0 Å². The van der Waals surface area contributed by atoms with Gasteiger partial charge < -0.3 is 19.3 Å². The second-order valence-corrected chi connectivity index (χ2v) is 5.16. The molecule has 1 aromatic heterocycles. The standard InChI is InChI=1S/C16H20N2O8/c1-10(19)12(15(20)26-9-8-24-2)13(11-4-6-17-7-5-11)14(18(22)23)16(21)25-3/h4-7,12-13,21H,8-9H2,1-3H3. The number of methoxy groups -OCH3 is 2. The number of carbonyl (C=O) groups is 2. The van der Waals surface area contributed by atoms with Gasteiger partial charge in [0.2, 0.25) is 0 Å². The smallest absolute Gasteiger partial charge is 0.354 e. The Kier molecular flexibility index (Phi) is 8.16. The number of ether oxygens (including phenoxy) is 3. The Hall–Kier alpha value is -3.01. The number of nitrogens with zero attached hydrogens (tertiary/aromatic N) is 2. The molecule has 10 nitrogen and oxygen atoms in total. The fraction of sp³-hybridized carbons (Fsp3) is 0.438. The van der Waals surface area contributed by atoms with Crippen molar-refractivity contribution in [2.24, 2.45) is 5.92 Å². The molecule has 142 valence electrons. The van der Waals surface area contributed by atoms with Gasteiger partial charge in [-0.25, -0.2) is 0 Å². The van der Waals surface area contributed by atoms with E-state index < -0.39 is 40.2 Å². The fourth-order valence-electron chi connectivity index (χ4n) is 2.36. The molecule has 1 heterocycles. The number of ketones is 1. The van der Waals surface area contributed by atoms with Gasteiger partial charge in [0.05, 0.1) is 18.6 Å². The molecule has 1 rings (SSSR count). The summed E-state index contributed by atoms with van der Waals surface area (Å²) in [5.41, 5.74) is -0.609. The monoisotopic (exact) mass is 368 g/mol. The van der Waals surface area contributed by atoms with Gasteiger partial charge in [-0.2, -0.15) is 0 Å². The Morgan fingerprint density at radius 3 is 2.35 bits per heavy atom. The molecule has 0 aliphatic heterocycles. The molecular weight excluding hydrogens is 348 g/mol. The first-order valence-corrected chi connectivity index (χ1v) is 7.52. The van der Waals surface area contributed by atoms with Crippen LogP contribution in [0.3, 0.4) is 0 Å². The highest BCUT2D eigenvalue weighted by molar-refractivity contribution is 5.99. The predicted molar refractivity (Wildman–Crippen MR) is 87.6 cm³/mol. The third kappa shape index (κ3) is 5.24. The van der Waals surface area contributed by atoms with E-state index in [0.29, 0.717) is 0 Å². The van der Waals surface area contributed by atoms with Gasteiger partial charge in [0.1, 0.15) is 24.2 Å². The van der Waals surface area contributed by atoms with E-state index >= 15 is 0 Å². The summed E-state index contributed by atoms with van der Waals surface area (Å²) in [5.74, 6) is -5.64. The number of rotatable bonds is 10. The number of aliphatic hydroxyl groups is 1. The zero-order valence-electron chi connectivity index (χ0n) is 14.6. The highest BCUT2D eigenvalue weighted by atomic mass is 16.6. The quantitative estimate of drug-likeness (QED) is 0.161. The molecule has 2 unspecified atom stereocenters. The normalized spacial score (nSPS) is 14.0. The molecule has 0 aliphatic rings. The molecule has 0 saturated heterocycles. The second kappa shape index (κ2) is 10.1. The third-order valence-electron chi connectivity index (χ3n) is 3.53. The Labute approximate surface area is 149 Å². The number of hydrogen-bond acceptors (Lipinski definition) is 9. The van der Waals surface area contributed by atoms with Crippen molar-refractivity contribution in [3.8, 4) is 0 Å². The van der Waals surface area contributed by atoms with E-state index in [9.17, 15) is 24.8 Å². The first-order chi connectivity index (χ1) is 12.3. The largest absolute Gasteiger partial charge is 0.476 e. The lowest BCUT2D eigenvalue weighted by atomic mass is 9.81. The van der Waals surface area contributed by atoms with Crippen LogP contribution in [-0.4, -0.2) is 54.2 Å². The van der Waals surface area contributed by atoms with Gasteiger partial charge in [0.15, 0.2) is 0 Å². The third-order valence-corrected chi connectivity index (χ3v) is 3.53. The molecule has 2 atom stereocenters. The maximum atomic E-state index is 12.4. The van der Waals surface area contributed by atoms with E-state index in [4.69, 9.17) is 9.47 Å². The molecular formula is C16H20N2O8. The van der Waals surface area contributed by atoms with Crippen LogP contribution in [0.4, 0.5) is 0 Å². The number of pyridine rings is 1. The molecule has 0 radical (unpaired) electrons. The number of nitro groups is 1. The maximum Gasteiger partial charge on any atom is 0.354 e. The first-order valence-electron chi connectivity index (χ1n) is 7.52. The van der Waals surface area contributed by atoms with Crippen LogP contribution in [0.25, 0.3) is 0 Å². The molecule has 10 heteroatoms. The van der Waals surface area contributed by atoms with Crippen LogP contribution in [-0.2, 0) is 23.8 Å². The lowest BCUT2D eigenvalue weighted by Crippen LogP contribution is -2.34. The summed E-state index contributed by atoms with van der Waals surface area (Å²) in [6.45, 7) is 1.07. The average Bonchev–Trinajstić information content (AvgIpc) is 2.61. The van der Waals surface area contributed by atoms with Crippen molar-refractivity contribution >= 4 is 11.8 Å². The molecule has 1 aromatic rings. The minimum Gasteiger partial charge on any atom is -0.476 e. The Balaban J connectivity index is 3.48. The van der Waals surface area contributed by atoms with Crippen molar-refractivity contribution in [3.63, 3.8) is 0 Å². The minimum atomic E-state index is -1.56. The van der Waals surface area contributed by atoms with Gasteiger partial charge in [0, 0.05) is 19.5 Å². The molecule has 26 heavy (non-hydrogen) atoms. The highest BCUT2D eigenvalue weighted by Crippen LogP contribution is 2.35. The number of hydrogen-bond donors (Lipinski definition) is 1. The van der Waals surface area contributed by atoms with Gasteiger partial charge in [-0.3, -0.25) is 24.7 Å². The zero-order chi connectivity index (χ0) is 19.7. The topological polar surface area (TPSA) is 138 Å². The van der Waals surface area contributed by atoms with Crippen LogP contribution in [0.5, 0.6) is 0 Å². The van der Waals surface area contributed by atoms with Gasteiger partial charge in [0.25, 0.3) is 0 Å². The van der Waals surface area contributed by atoms with Crippen LogP contribution < -0.4 is 0 Å². The Morgan fingerprint density at radius 2 is 1.88 bits per heavy atom. The van der Waals surface area contributed by atoms with Crippen LogP contribution in [0, 0.1) is 16.0 Å². The summed E-state index contributed by atoms with van der Waals surface area (Å²) >= 11 is 0. The molecule has 0 saturated carbocycles. The Morgan fingerprint density at radius 1 is 1.27 bits per heavy atom. The minimum absolute atomic E-state index is 0.0948. The second-order valence-electron chi connectivity index (χ2n) is 5.16. The molecule has 0 aliphatic carbocycles. The molecule has 0 spiro atoms. The maximum absolute atomic E-state index is 12.4. The number of carbonyl (C=O) groups excluding carboxylic acids is 2. The van der Waals surface area contributed by atoms with E-state index in [1.54, 1.807) is 0 Å². The van der Waals surface area contributed by atoms with E-state index in [2.05, 4.69) is 9.72 Å². The lowest BCUT2D eigenvalue weighted by molar-refractivity contribution is -0.436. The number of esters is 1. The molecule has 0 amide bonds. The molecule has 1 N–H and O–H groups in total. The molecule has 0 aromatic carbocycles. The summed E-state index contributed by atoms with van der Waals surface area (Å²) in [7, 11) is 2.43. The van der Waals surface area contributed by atoms with Crippen molar-refractivity contribution in [2.75, 3.05) is 27.4 Å². The lowest BCUT2D eigenvalue weighted by Gasteiger charge is -2.22. The Bertz CT molecular complexity index is 674. The number of aromatic nitrogens is 1. The summed E-state index contributed by atoms with van der Waals surface area (Å²) in [4.78, 5) is 39.0. The van der Waals surface area contributed by atoms with Crippen LogP contribution in [0.2, 0.25) is 0 Å². The predicted octanol–water partition coefficient (Wildman–Crippen LogP) is 1.21. The van der Waals surface area contributed by atoms with E-state index in [1.165, 1.54) is 31.6 Å². The number of allylic oxidation sites excluding steroid dienone is 1. The van der Waals surface area contributed by atoms with E-state index in [0.717, 1.165) is 14.0 Å². The van der Waals surface area contributed by atoms with E-state index in [-0.39, 0.29) is 18.8 Å². The van der Waals surface area contributed by atoms with Crippen LogP contribution in [0.1, 0.15) is 18.4 Å². The number of aliphatic hydroxyl groups excluding tert-OH is 1. The van der Waals surface area contributed by atoms with Crippen molar-refractivity contribution in [3.05, 3.63) is 51.8 Å². The summed E-state index contributed by atoms with van der Waals surface area (Å²) in [5, 5.41) is 21.4. The summed E-state index contributed by atoms with van der Waals surface area (Å²) in [6.07, 6.45) is 2.69. The molecule has 0 bridgehead atoms. The van der Waals surface area contributed by atoms with Gasteiger partial charge in [-0.05, 0) is 24.6 Å². The van der Waals surface area contributed by atoms with Gasteiger partial charge >= 0.3 is 17.6 Å². The average molecular weight is 368 g/mol. The summed E-state index contributed by atoms with van der Waals surface area (Å²) in [6, 6.07) is 2.80. The van der Waals surface area contributed by atoms with Crippen LogP contribution >= 0.6 is 0 Å². The van der Waals surface area contributed by atoms with Crippen molar-refractivity contribution in [1.29, 1.82) is 0 Å². The number of Topliss-reactive ketones (excluding diaryl/α,β-unsaturated/α-hetero) is 1. The van der Waals surface area contributed by atoms with Gasteiger partial charge in [-0.1, -0.05) is 0 Å². The van der Waals surface area contributed by atoms with Crippen molar-refractivity contribution in [1.82, 2.24) is 4.98 Å². The summed E-state index contributed by atoms with van der Waals surface area (Å²) < 4.78 is 14.3. The SMILES string of the molecule is COCCOC(=O)C(C(C)=O)C(C(=C(O)OC)[N+](=O)[O-])c1ccncc1. The fourth-order valence-corrected chi connectivity index (χ4v) is 2.36. The highest BCUT2D eigenvalue weighted by Gasteiger charge is 2.45. The molecule has 0 fully saturated rings. The first kappa shape index (κ1) is 21.0. The zero-order valence-corrected chi connectivity index (χ0v) is 14.6.